The molecule has 0 N–H and O–H groups in total. The van der Waals surface area contributed by atoms with E-state index in [1.807, 2.05) is 0 Å². The standard InChI is InChI=1S/C15H12FN3OS2/c1-2-7-19-13-12(22-15(19)21)14(20)18(9-17-13)8-10-5-3-4-6-11(10)16/h2-6,9H,1,7-8H2. The highest BCUT2D eigenvalue weighted by Crippen LogP contribution is 2.18. The second-order valence-corrected chi connectivity index (χ2v) is 6.33. The summed E-state index contributed by atoms with van der Waals surface area (Å²) in [5.41, 5.74) is 0.775. The monoisotopic (exact) mass is 333 g/mol. The zero-order valence-corrected chi connectivity index (χ0v) is 13.2. The van der Waals surface area contributed by atoms with Crippen LogP contribution in [-0.2, 0) is 13.1 Å². The fourth-order valence-corrected chi connectivity index (χ4v) is 3.50. The molecule has 1 aromatic carbocycles. The van der Waals surface area contributed by atoms with E-state index in [-0.39, 0.29) is 17.9 Å². The van der Waals surface area contributed by atoms with Crippen molar-refractivity contribution in [1.29, 1.82) is 0 Å². The highest BCUT2D eigenvalue weighted by Gasteiger charge is 2.12. The lowest BCUT2D eigenvalue weighted by molar-refractivity contribution is 0.595. The second-order valence-electron chi connectivity index (χ2n) is 4.69. The Morgan fingerprint density at radius 1 is 1.41 bits per heavy atom. The molecule has 0 spiro atoms. The van der Waals surface area contributed by atoms with Crippen LogP contribution >= 0.6 is 23.6 Å². The molecule has 0 unspecified atom stereocenters. The first-order chi connectivity index (χ1) is 10.6. The summed E-state index contributed by atoms with van der Waals surface area (Å²) < 4.78 is 17.9. The van der Waals surface area contributed by atoms with Gasteiger partial charge in [-0.3, -0.25) is 9.36 Å². The average molecular weight is 333 g/mol. The van der Waals surface area contributed by atoms with Crippen molar-refractivity contribution in [2.24, 2.45) is 0 Å². The Labute approximate surface area is 134 Å². The molecule has 0 fully saturated rings. The van der Waals surface area contributed by atoms with E-state index in [9.17, 15) is 9.18 Å². The van der Waals surface area contributed by atoms with Gasteiger partial charge in [0.05, 0.1) is 6.54 Å². The molecule has 0 aliphatic rings. The molecule has 0 amide bonds. The molecule has 0 bridgehead atoms. The Kier molecular flexibility index (Phi) is 4.00. The number of nitrogens with zero attached hydrogens (tertiary/aromatic N) is 3. The molecular formula is C15H12FN3OS2. The molecule has 0 aliphatic heterocycles. The second kappa shape index (κ2) is 5.94. The third-order valence-corrected chi connectivity index (χ3v) is 4.68. The lowest BCUT2D eigenvalue weighted by atomic mass is 10.2. The van der Waals surface area contributed by atoms with E-state index in [1.165, 1.54) is 28.3 Å². The van der Waals surface area contributed by atoms with E-state index < -0.39 is 0 Å². The first kappa shape index (κ1) is 14.8. The number of allylic oxidation sites excluding steroid dienone is 1. The zero-order chi connectivity index (χ0) is 15.7. The van der Waals surface area contributed by atoms with Gasteiger partial charge in [0.2, 0.25) is 0 Å². The van der Waals surface area contributed by atoms with Gasteiger partial charge < -0.3 is 4.57 Å². The maximum Gasteiger partial charge on any atom is 0.273 e. The SMILES string of the molecule is C=CCn1c(=S)sc2c(=O)n(Cc3ccccc3F)cnc21. The number of aromatic nitrogens is 3. The molecular weight excluding hydrogens is 321 g/mol. The van der Waals surface area contributed by atoms with Crippen molar-refractivity contribution in [3.63, 3.8) is 0 Å². The van der Waals surface area contributed by atoms with Crippen LogP contribution in [0.2, 0.25) is 0 Å². The van der Waals surface area contributed by atoms with E-state index in [0.717, 1.165) is 0 Å². The molecule has 0 saturated carbocycles. The summed E-state index contributed by atoms with van der Waals surface area (Å²) >= 11 is 6.47. The molecule has 3 aromatic rings. The van der Waals surface area contributed by atoms with Gasteiger partial charge in [-0.2, -0.15) is 0 Å². The van der Waals surface area contributed by atoms with E-state index >= 15 is 0 Å². The average Bonchev–Trinajstić information content (AvgIpc) is 2.82. The van der Waals surface area contributed by atoms with Crippen LogP contribution < -0.4 is 5.56 Å². The van der Waals surface area contributed by atoms with Crippen molar-refractivity contribution in [1.82, 2.24) is 14.1 Å². The molecule has 0 radical (unpaired) electrons. The van der Waals surface area contributed by atoms with E-state index in [0.29, 0.717) is 26.4 Å². The van der Waals surface area contributed by atoms with E-state index in [4.69, 9.17) is 12.2 Å². The maximum atomic E-state index is 13.7. The summed E-state index contributed by atoms with van der Waals surface area (Å²) in [6.07, 6.45) is 3.13. The summed E-state index contributed by atoms with van der Waals surface area (Å²) in [7, 11) is 0. The third-order valence-electron chi connectivity index (χ3n) is 3.25. The molecule has 0 atom stereocenters. The van der Waals surface area contributed by atoms with Crippen LogP contribution in [0, 0.1) is 9.77 Å². The molecule has 4 nitrogen and oxygen atoms in total. The quantitative estimate of drug-likeness (QED) is 0.543. The number of benzene rings is 1. The van der Waals surface area contributed by atoms with Crippen molar-refractivity contribution in [2.45, 2.75) is 13.1 Å². The summed E-state index contributed by atoms with van der Waals surface area (Å²) in [6, 6.07) is 6.37. The summed E-state index contributed by atoms with van der Waals surface area (Å²) in [5, 5.41) is 0. The normalized spacial score (nSPS) is 11.0. The van der Waals surface area contributed by atoms with Crippen LogP contribution in [-0.4, -0.2) is 14.1 Å². The molecule has 2 aromatic heterocycles. The van der Waals surface area contributed by atoms with Gasteiger partial charge in [-0.15, -0.1) is 6.58 Å². The number of hydrogen-bond donors (Lipinski definition) is 0. The van der Waals surface area contributed by atoms with E-state index in [2.05, 4.69) is 11.6 Å². The van der Waals surface area contributed by atoms with Gasteiger partial charge in [-0.05, 0) is 18.3 Å². The van der Waals surface area contributed by atoms with Gasteiger partial charge >= 0.3 is 0 Å². The highest BCUT2D eigenvalue weighted by molar-refractivity contribution is 7.73. The molecule has 2 heterocycles. The fraction of sp³-hybridized carbons (Fsp3) is 0.133. The van der Waals surface area contributed by atoms with Gasteiger partial charge in [-0.25, -0.2) is 9.37 Å². The third kappa shape index (κ3) is 2.53. The van der Waals surface area contributed by atoms with Crippen molar-refractivity contribution >= 4 is 33.9 Å². The first-order valence-corrected chi connectivity index (χ1v) is 7.77. The molecule has 22 heavy (non-hydrogen) atoms. The van der Waals surface area contributed by atoms with Gasteiger partial charge in [0.1, 0.15) is 16.8 Å². The van der Waals surface area contributed by atoms with Crippen molar-refractivity contribution in [3.05, 3.63) is 68.9 Å². The number of rotatable bonds is 4. The van der Waals surface area contributed by atoms with Crippen LogP contribution in [0.1, 0.15) is 5.56 Å². The topological polar surface area (TPSA) is 39.8 Å². The largest absolute Gasteiger partial charge is 0.304 e. The Morgan fingerprint density at radius 3 is 2.91 bits per heavy atom. The van der Waals surface area contributed by atoms with Crippen molar-refractivity contribution in [3.8, 4) is 0 Å². The Morgan fingerprint density at radius 2 is 2.18 bits per heavy atom. The van der Waals surface area contributed by atoms with Crippen molar-refractivity contribution < 1.29 is 4.39 Å². The maximum absolute atomic E-state index is 13.7. The van der Waals surface area contributed by atoms with Crippen molar-refractivity contribution in [2.75, 3.05) is 0 Å². The van der Waals surface area contributed by atoms with Crippen LogP contribution in [0.5, 0.6) is 0 Å². The minimum absolute atomic E-state index is 0.139. The number of thiazole rings is 1. The van der Waals surface area contributed by atoms with Gasteiger partial charge in [0.25, 0.3) is 5.56 Å². The zero-order valence-electron chi connectivity index (χ0n) is 11.5. The van der Waals surface area contributed by atoms with Crippen LogP contribution in [0.15, 0.2) is 48.0 Å². The predicted octanol–water partition coefficient (Wildman–Crippen LogP) is 3.36. The van der Waals surface area contributed by atoms with Crippen LogP contribution in [0.4, 0.5) is 4.39 Å². The van der Waals surface area contributed by atoms with E-state index in [1.54, 1.807) is 28.8 Å². The summed E-state index contributed by atoms with van der Waals surface area (Å²) in [4.78, 5) is 16.8. The van der Waals surface area contributed by atoms with Crippen LogP contribution in [0.3, 0.4) is 0 Å². The summed E-state index contributed by atoms with van der Waals surface area (Å²) in [6.45, 7) is 4.32. The number of hydrogen-bond acceptors (Lipinski definition) is 4. The minimum Gasteiger partial charge on any atom is -0.304 e. The van der Waals surface area contributed by atoms with Crippen LogP contribution in [0.25, 0.3) is 10.3 Å². The fourth-order valence-electron chi connectivity index (χ4n) is 2.18. The predicted molar refractivity (Wildman–Crippen MR) is 88.4 cm³/mol. The first-order valence-electron chi connectivity index (χ1n) is 6.55. The Hall–Kier alpha value is -2.12. The lowest BCUT2D eigenvalue weighted by Gasteiger charge is -2.06. The number of halogens is 1. The molecule has 0 saturated heterocycles. The highest BCUT2D eigenvalue weighted by atomic mass is 32.1. The molecule has 7 heteroatoms. The van der Waals surface area contributed by atoms with Gasteiger partial charge in [0.15, 0.2) is 9.60 Å². The number of fused-ring (bicyclic) bond motifs is 1. The molecule has 0 aliphatic carbocycles. The molecule has 112 valence electrons. The lowest BCUT2D eigenvalue weighted by Crippen LogP contribution is -2.21. The smallest absolute Gasteiger partial charge is 0.273 e. The Bertz CT molecular complexity index is 971. The van der Waals surface area contributed by atoms with Gasteiger partial charge in [0, 0.05) is 12.1 Å². The minimum atomic E-state index is -0.341. The van der Waals surface area contributed by atoms with Gasteiger partial charge in [-0.1, -0.05) is 35.6 Å². The summed E-state index contributed by atoms with van der Waals surface area (Å²) in [5.74, 6) is -0.341. The molecule has 3 rings (SSSR count). The Balaban J connectivity index is 2.12.